The molecule has 0 saturated heterocycles. The highest BCUT2D eigenvalue weighted by molar-refractivity contribution is 5.17. The summed E-state index contributed by atoms with van der Waals surface area (Å²) in [6.45, 7) is 2.10. The Morgan fingerprint density at radius 1 is 1.27 bits per heavy atom. The van der Waals surface area contributed by atoms with Crippen molar-refractivity contribution in [2.75, 3.05) is 7.05 Å². The first-order valence-electron chi connectivity index (χ1n) is 5.28. The number of nitrogens with one attached hydrogen (secondary N) is 1. The van der Waals surface area contributed by atoms with Crippen molar-refractivity contribution in [1.82, 2.24) is 5.32 Å². The van der Waals surface area contributed by atoms with Crippen molar-refractivity contribution in [2.24, 2.45) is 0 Å². The average Bonchev–Trinajstić information content (AvgIpc) is 2.24. The third kappa shape index (κ3) is 3.59. The molecule has 0 bridgehead atoms. The van der Waals surface area contributed by atoms with Gasteiger partial charge in [0.05, 0.1) is 0 Å². The monoisotopic (exact) mass is 213 g/mol. The van der Waals surface area contributed by atoms with Crippen LogP contribution in [0.3, 0.4) is 0 Å². The third-order valence-corrected chi connectivity index (χ3v) is 2.67. The molecule has 0 aliphatic heterocycles. The van der Waals surface area contributed by atoms with Crippen LogP contribution in [-0.2, 0) is 6.42 Å². The molecule has 1 unspecified atom stereocenters. The molecule has 0 aromatic heterocycles. The van der Waals surface area contributed by atoms with Crippen LogP contribution in [-0.4, -0.2) is 13.1 Å². The maximum Gasteiger partial charge on any atom is 0.159 e. The zero-order valence-corrected chi connectivity index (χ0v) is 9.19. The lowest BCUT2D eigenvalue weighted by Gasteiger charge is -2.13. The minimum Gasteiger partial charge on any atom is -0.317 e. The molecule has 0 aliphatic rings. The SMILES string of the molecule is CCC(CCc1ccc(F)c(F)c1)NC. The fourth-order valence-corrected chi connectivity index (χ4v) is 1.59. The summed E-state index contributed by atoms with van der Waals surface area (Å²) in [5, 5.41) is 3.18. The quantitative estimate of drug-likeness (QED) is 0.793. The fourth-order valence-electron chi connectivity index (χ4n) is 1.59. The molecule has 1 atom stereocenters. The van der Waals surface area contributed by atoms with Crippen LogP contribution in [0.15, 0.2) is 18.2 Å². The molecule has 1 rings (SSSR count). The van der Waals surface area contributed by atoms with Crippen molar-refractivity contribution in [2.45, 2.75) is 32.2 Å². The average molecular weight is 213 g/mol. The van der Waals surface area contributed by atoms with Crippen LogP contribution in [0, 0.1) is 11.6 Å². The predicted molar refractivity (Wildman–Crippen MR) is 57.8 cm³/mol. The smallest absolute Gasteiger partial charge is 0.159 e. The highest BCUT2D eigenvalue weighted by Gasteiger charge is 2.05. The van der Waals surface area contributed by atoms with Crippen LogP contribution in [0.4, 0.5) is 8.78 Å². The van der Waals surface area contributed by atoms with Gasteiger partial charge in [-0.25, -0.2) is 8.78 Å². The van der Waals surface area contributed by atoms with Crippen LogP contribution in [0.25, 0.3) is 0 Å². The molecule has 0 fully saturated rings. The molecule has 84 valence electrons. The van der Waals surface area contributed by atoms with E-state index in [1.54, 1.807) is 6.07 Å². The van der Waals surface area contributed by atoms with E-state index in [-0.39, 0.29) is 0 Å². The molecular formula is C12H17F2N. The van der Waals surface area contributed by atoms with Crippen molar-refractivity contribution in [3.05, 3.63) is 35.4 Å². The van der Waals surface area contributed by atoms with Crippen molar-refractivity contribution < 1.29 is 8.78 Å². The first kappa shape index (κ1) is 12.1. The maximum absolute atomic E-state index is 12.9. The number of hydrogen-bond donors (Lipinski definition) is 1. The van der Waals surface area contributed by atoms with E-state index in [4.69, 9.17) is 0 Å². The van der Waals surface area contributed by atoms with Crippen LogP contribution in [0.5, 0.6) is 0 Å². The van der Waals surface area contributed by atoms with E-state index in [0.717, 1.165) is 24.8 Å². The summed E-state index contributed by atoms with van der Waals surface area (Å²) in [5.74, 6) is -1.54. The first-order chi connectivity index (χ1) is 7.17. The van der Waals surface area contributed by atoms with Gasteiger partial charge in [-0.1, -0.05) is 13.0 Å². The summed E-state index contributed by atoms with van der Waals surface area (Å²) >= 11 is 0. The zero-order chi connectivity index (χ0) is 11.3. The van der Waals surface area contributed by atoms with Gasteiger partial charge < -0.3 is 5.32 Å². The normalized spacial score (nSPS) is 12.8. The molecule has 0 heterocycles. The molecular weight excluding hydrogens is 196 g/mol. The van der Waals surface area contributed by atoms with Crippen LogP contribution >= 0.6 is 0 Å². The molecule has 1 aromatic carbocycles. The van der Waals surface area contributed by atoms with E-state index < -0.39 is 11.6 Å². The molecule has 1 nitrogen and oxygen atoms in total. The minimum atomic E-state index is -0.778. The predicted octanol–water partition coefficient (Wildman–Crippen LogP) is 2.90. The fraction of sp³-hybridized carbons (Fsp3) is 0.500. The van der Waals surface area contributed by atoms with E-state index in [9.17, 15) is 8.78 Å². The summed E-state index contributed by atoms with van der Waals surface area (Å²) in [7, 11) is 1.92. The Bertz CT molecular complexity index is 308. The summed E-state index contributed by atoms with van der Waals surface area (Å²) in [6, 6.07) is 4.54. The lowest BCUT2D eigenvalue weighted by Crippen LogP contribution is -2.24. The highest BCUT2D eigenvalue weighted by atomic mass is 19.2. The second-order valence-corrected chi connectivity index (χ2v) is 3.68. The van der Waals surface area contributed by atoms with E-state index >= 15 is 0 Å². The van der Waals surface area contributed by atoms with Crippen LogP contribution in [0.2, 0.25) is 0 Å². The molecule has 0 saturated carbocycles. The van der Waals surface area contributed by atoms with Crippen molar-refractivity contribution in [3.63, 3.8) is 0 Å². The van der Waals surface area contributed by atoms with Gasteiger partial charge in [-0.2, -0.15) is 0 Å². The highest BCUT2D eigenvalue weighted by Crippen LogP contribution is 2.11. The number of benzene rings is 1. The molecule has 0 radical (unpaired) electrons. The summed E-state index contributed by atoms with van der Waals surface area (Å²) < 4.78 is 25.5. The molecule has 0 spiro atoms. The van der Waals surface area contributed by atoms with E-state index in [2.05, 4.69) is 12.2 Å². The Labute approximate surface area is 89.5 Å². The Hall–Kier alpha value is -0.960. The Balaban J connectivity index is 2.54. The van der Waals surface area contributed by atoms with Crippen molar-refractivity contribution in [1.29, 1.82) is 0 Å². The maximum atomic E-state index is 12.9. The Morgan fingerprint density at radius 3 is 2.53 bits per heavy atom. The van der Waals surface area contributed by atoms with Crippen molar-refractivity contribution in [3.8, 4) is 0 Å². The van der Waals surface area contributed by atoms with E-state index in [1.165, 1.54) is 12.1 Å². The van der Waals surface area contributed by atoms with Gasteiger partial charge in [0.15, 0.2) is 11.6 Å². The third-order valence-electron chi connectivity index (χ3n) is 2.67. The van der Waals surface area contributed by atoms with Gasteiger partial charge in [-0.3, -0.25) is 0 Å². The van der Waals surface area contributed by atoms with Gasteiger partial charge >= 0.3 is 0 Å². The second-order valence-electron chi connectivity index (χ2n) is 3.68. The van der Waals surface area contributed by atoms with Gasteiger partial charge in [0.2, 0.25) is 0 Å². The second kappa shape index (κ2) is 5.81. The molecule has 15 heavy (non-hydrogen) atoms. The number of rotatable bonds is 5. The summed E-state index contributed by atoms with van der Waals surface area (Å²) in [4.78, 5) is 0. The minimum absolute atomic E-state index is 0.443. The summed E-state index contributed by atoms with van der Waals surface area (Å²) in [5.41, 5.74) is 0.850. The number of halogens is 2. The Morgan fingerprint density at radius 2 is 2.00 bits per heavy atom. The van der Waals surface area contributed by atoms with E-state index in [0.29, 0.717) is 6.04 Å². The topological polar surface area (TPSA) is 12.0 Å². The number of hydrogen-bond acceptors (Lipinski definition) is 1. The molecule has 0 aliphatic carbocycles. The lowest BCUT2D eigenvalue weighted by atomic mass is 10.0. The molecule has 3 heteroatoms. The molecule has 1 aromatic rings. The van der Waals surface area contributed by atoms with Gasteiger partial charge in [-0.15, -0.1) is 0 Å². The number of aryl methyl sites for hydroxylation is 1. The van der Waals surface area contributed by atoms with Crippen LogP contribution < -0.4 is 5.32 Å². The summed E-state index contributed by atoms with van der Waals surface area (Å²) in [6.07, 6.45) is 2.76. The molecule has 1 N–H and O–H groups in total. The van der Waals surface area contributed by atoms with Gasteiger partial charge in [-0.05, 0) is 44.0 Å². The lowest BCUT2D eigenvalue weighted by molar-refractivity contribution is 0.497. The van der Waals surface area contributed by atoms with Gasteiger partial charge in [0.25, 0.3) is 0 Å². The Kier molecular flexibility index (Phi) is 4.69. The van der Waals surface area contributed by atoms with Crippen molar-refractivity contribution >= 4 is 0 Å². The standard InChI is InChI=1S/C12H17F2N/c1-3-10(15-2)6-4-9-5-7-11(13)12(14)8-9/h5,7-8,10,15H,3-4,6H2,1-2H3. The van der Waals surface area contributed by atoms with Gasteiger partial charge in [0, 0.05) is 6.04 Å². The van der Waals surface area contributed by atoms with E-state index in [1.807, 2.05) is 7.05 Å². The molecule has 0 amide bonds. The first-order valence-corrected chi connectivity index (χ1v) is 5.28. The van der Waals surface area contributed by atoms with Gasteiger partial charge in [0.1, 0.15) is 0 Å². The largest absolute Gasteiger partial charge is 0.317 e. The zero-order valence-electron chi connectivity index (χ0n) is 9.19. The van der Waals surface area contributed by atoms with Crippen LogP contribution in [0.1, 0.15) is 25.3 Å².